The molecule has 0 unspecified atom stereocenters. The van der Waals surface area contributed by atoms with Gasteiger partial charge in [0, 0.05) is 5.69 Å². The summed E-state index contributed by atoms with van der Waals surface area (Å²) in [7, 11) is -4.34. The summed E-state index contributed by atoms with van der Waals surface area (Å²) in [5, 5.41) is 6.87. The zero-order valence-corrected chi connectivity index (χ0v) is 23.8. The van der Waals surface area contributed by atoms with E-state index in [1.165, 1.54) is 31.6 Å². The van der Waals surface area contributed by atoms with Gasteiger partial charge in [-0.05, 0) is 38.1 Å². The van der Waals surface area contributed by atoms with Crippen LogP contribution >= 0.6 is 0 Å². The Labute approximate surface area is 234 Å². The highest BCUT2D eigenvalue weighted by Gasteiger charge is 2.49. The second kappa shape index (κ2) is 11.5. The molecule has 0 saturated carbocycles. The van der Waals surface area contributed by atoms with E-state index in [9.17, 15) is 0 Å². The molecule has 0 amide bonds. The van der Waals surface area contributed by atoms with Crippen LogP contribution < -0.4 is 30.2 Å². The lowest BCUT2D eigenvalue weighted by atomic mass is 10.3. The predicted molar refractivity (Wildman–Crippen MR) is 171 cm³/mol. The summed E-state index contributed by atoms with van der Waals surface area (Å²) >= 11 is 0. The van der Waals surface area contributed by atoms with Crippen LogP contribution in [0, 0.1) is 0 Å². The number of nitrogens with zero attached hydrogens (tertiary/aromatic N) is 1. The molecule has 0 spiro atoms. The molecule has 0 bridgehead atoms. The molecule has 187 valence electrons. The molecule has 39 heavy (non-hydrogen) atoms. The number of benzene rings is 6. The largest absolute Gasteiger partial charge is 0.407 e. The molecule has 1 nitrogen and oxygen atoms in total. The lowest BCUT2D eigenvalue weighted by Gasteiger charge is -2.49. The fraction of sp³-hybridized carbons (Fsp3) is 0. The zero-order chi connectivity index (χ0) is 26.3. The van der Waals surface area contributed by atoms with E-state index in [2.05, 4.69) is 186 Å². The van der Waals surface area contributed by atoms with Crippen LogP contribution in [0.4, 0.5) is 5.69 Å². The molecule has 0 heterocycles. The molecule has 0 atom stereocenters. The van der Waals surface area contributed by atoms with E-state index in [4.69, 9.17) is 0 Å². The van der Waals surface area contributed by atoms with Gasteiger partial charge < -0.3 is 4.23 Å². The van der Waals surface area contributed by atoms with Crippen LogP contribution in [-0.2, 0) is 0 Å². The SMILES string of the molecule is c1ccc(N([Si](c2ccccc2)c2ccccc2)[Si](c2ccccc2)(c2ccccc2)c2ccccc2)cc1. The Morgan fingerprint density at radius 2 is 0.615 bits per heavy atom. The molecule has 0 aromatic heterocycles. The monoisotopic (exact) mass is 532 g/mol. The number of hydrogen-bond acceptors (Lipinski definition) is 1. The van der Waals surface area contributed by atoms with E-state index in [1.54, 1.807) is 0 Å². The summed E-state index contributed by atoms with van der Waals surface area (Å²) in [6.07, 6.45) is 0. The standard InChI is InChI=1S/C36H30NSi2/c1-7-19-31(20-8-1)37(38(32-21-9-2-10-22-32)33-23-11-3-12-24-33)39(34-25-13-4-14-26-34,35-27-15-5-16-28-35)36-29-17-6-18-30-36/h1-30H. The van der Waals surface area contributed by atoms with E-state index in [1.807, 2.05) is 0 Å². The maximum absolute atomic E-state index is 2.86. The Morgan fingerprint density at radius 3 is 0.949 bits per heavy atom. The third-order valence-corrected chi connectivity index (χ3v) is 15.8. The van der Waals surface area contributed by atoms with Crippen molar-refractivity contribution in [2.24, 2.45) is 0 Å². The fourth-order valence-corrected chi connectivity index (χ4v) is 15.5. The average Bonchev–Trinajstić information content (AvgIpc) is 3.04. The normalized spacial score (nSPS) is 11.3. The van der Waals surface area contributed by atoms with Crippen molar-refractivity contribution in [2.45, 2.75) is 0 Å². The van der Waals surface area contributed by atoms with Crippen molar-refractivity contribution in [1.82, 2.24) is 0 Å². The first-order valence-corrected chi connectivity index (χ1v) is 16.8. The first-order valence-electron chi connectivity index (χ1n) is 13.4. The summed E-state index contributed by atoms with van der Waals surface area (Å²) in [6, 6.07) is 67.0. The topological polar surface area (TPSA) is 3.24 Å². The third-order valence-electron chi connectivity index (χ3n) is 7.24. The molecule has 6 rings (SSSR count). The first kappa shape index (κ1) is 24.9. The van der Waals surface area contributed by atoms with Gasteiger partial charge in [0.05, 0.1) is 0 Å². The molecule has 6 aromatic rings. The molecule has 6 aromatic carbocycles. The van der Waals surface area contributed by atoms with Gasteiger partial charge in [-0.3, -0.25) is 0 Å². The van der Waals surface area contributed by atoms with Gasteiger partial charge >= 0.3 is 0 Å². The maximum atomic E-state index is 2.86. The van der Waals surface area contributed by atoms with Gasteiger partial charge in [0.1, 0.15) is 0 Å². The van der Waals surface area contributed by atoms with Crippen LogP contribution in [0.3, 0.4) is 0 Å². The highest BCUT2D eigenvalue weighted by Crippen LogP contribution is 2.24. The van der Waals surface area contributed by atoms with Crippen molar-refractivity contribution in [2.75, 3.05) is 4.23 Å². The minimum Gasteiger partial charge on any atom is -0.407 e. The third kappa shape index (κ3) is 4.79. The Hall–Kier alpha value is -4.45. The van der Waals surface area contributed by atoms with E-state index >= 15 is 0 Å². The molecule has 3 heteroatoms. The van der Waals surface area contributed by atoms with Gasteiger partial charge in [0.2, 0.25) is 17.2 Å². The van der Waals surface area contributed by atoms with Gasteiger partial charge in [0.25, 0.3) is 0 Å². The molecular weight excluding hydrogens is 503 g/mol. The Morgan fingerprint density at radius 1 is 0.333 bits per heavy atom. The molecule has 0 N–H and O–H groups in total. The van der Waals surface area contributed by atoms with Crippen LogP contribution in [0.5, 0.6) is 0 Å². The van der Waals surface area contributed by atoms with Crippen molar-refractivity contribution in [3.8, 4) is 0 Å². The Kier molecular flexibility index (Phi) is 7.35. The minimum absolute atomic E-state index is 1.25. The first-order chi connectivity index (χ1) is 19.4. The fourth-order valence-electron chi connectivity index (χ4n) is 5.61. The smallest absolute Gasteiger partial charge is 0.245 e. The molecular formula is C36H30NSi2. The highest BCUT2D eigenvalue weighted by atomic mass is 28.4. The van der Waals surface area contributed by atoms with Crippen LogP contribution in [0.25, 0.3) is 0 Å². The number of anilines is 1. The van der Waals surface area contributed by atoms with Gasteiger partial charge in [-0.1, -0.05) is 170 Å². The van der Waals surface area contributed by atoms with Gasteiger partial charge in [-0.15, -0.1) is 0 Å². The van der Waals surface area contributed by atoms with Gasteiger partial charge in [0.15, 0.2) is 0 Å². The van der Waals surface area contributed by atoms with Crippen molar-refractivity contribution in [1.29, 1.82) is 0 Å². The molecule has 0 saturated heterocycles. The minimum atomic E-state index is -2.84. The van der Waals surface area contributed by atoms with E-state index in [-0.39, 0.29) is 0 Å². The van der Waals surface area contributed by atoms with Crippen molar-refractivity contribution >= 4 is 48.8 Å². The van der Waals surface area contributed by atoms with Crippen LogP contribution in [0.1, 0.15) is 0 Å². The second-order valence-electron chi connectivity index (χ2n) is 9.56. The average molecular weight is 533 g/mol. The molecule has 1 radical (unpaired) electrons. The quantitative estimate of drug-likeness (QED) is 0.198. The summed E-state index contributed by atoms with van der Waals surface area (Å²) < 4.78 is 2.86. The number of rotatable bonds is 8. The van der Waals surface area contributed by atoms with Crippen LogP contribution in [-0.4, -0.2) is 17.2 Å². The van der Waals surface area contributed by atoms with E-state index in [0.717, 1.165) is 0 Å². The van der Waals surface area contributed by atoms with E-state index in [0.29, 0.717) is 0 Å². The second-order valence-corrected chi connectivity index (χ2v) is 15.9. The van der Waals surface area contributed by atoms with Crippen LogP contribution in [0.15, 0.2) is 182 Å². The van der Waals surface area contributed by atoms with Crippen molar-refractivity contribution in [3.63, 3.8) is 0 Å². The Balaban J connectivity index is 1.79. The lowest BCUT2D eigenvalue weighted by Crippen LogP contribution is -2.83. The Bertz CT molecular complexity index is 1440. The molecule has 0 fully saturated rings. The van der Waals surface area contributed by atoms with Crippen molar-refractivity contribution in [3.05, 3.63) is 182 Å². The van der Waals surface area contributed by atoms with Crippen molar-refractivity contribution < 1.29 is 0 Å². The summed E-state index contributed by atoms with van der Waals surface area (Å²) in [5.74, 6) is 0. The van der Waals surface area contributed by atoms with Gasteiger partial charge in [-0.25, -0.2) is 0 Å². The maximum Gasteiger partial charge on any atom is 0.245 e. The molecule has 0 aliphatic rings. The summed E-state index contributed by atoms with van der Waals surface area (Å²) in [5.41, 5.74) is 1.25. The summed E-state index contributed by atoms with van der Waals surface area (Å²) in [4.78, 5) is 0. The summed E-state index contributed by atoms with van der Waals surface area (Å²) in [6.45, 7) is 0. The van der Waals surface area contributed by atoms with Gasteiger partial charge in [-0.2, -0.15) is 0 Å². The molecule has 0 aliphatic carbocycles. The zero-order valence-electron chi connectivity index (χ0n) is 21.8. The van der Waals surface area contributed by atoms with E-state index < -0.39 is 17.2 Å². The number of para-hydroxylation sites is 1. The predicted octanol–water partition coefficient (Wildman–Crippen LogP) is 4.97. The number of hydrogen-bond donors (Lipinski definition) is 0. The lowest BCUT2D eigenvalue weighted by molar-refractivity contribution is 1.46. The molecule has 0 aliphatic heterocycles. The highest BCUT2D eigenvalue weighted by molar-refractivity contribution is 7.21. The van der Waals surface area contributed by atoms with Crippen LogP contribution in [0.2, 0.25) is 0 Å².